The molecule has 0 aliphatic heterocycles. The molecule has 0 unspecified atom stereocenters. The number of aromatic nitrogens is 2. The van der Waals surface area contributed by atoms with Gasteiger partial charge < -0.3 is 20.2 Å². The maximum atomic E-state index is 12.5. The van der Waals surface area contributed by atoms with Gasteiger partial charge in [-0.3, -0.25) is 9.97 Å². The van der Waals surface area contributed by atoms with E-state index in [2.05, 4.69) is 20.6 Å². The Hall–Kier alpha value is -2.22. The summed E-state index contributed by atoms with van der Waals surface area (Å²) in [5.41, 5.74) is 2.31. The number of aryl methyl sites for hydroxylation is 2. The van der Waals surface area contributed by atoms with Crippen LogP contribution in [0.1, 0.15) is 32.1 Å². The predicted molar refractivity (Wildman–Crippen MR) is 109 cm³/mol. The molecule has 2 heterocycles. The van der Waals surface area contributed by atoms with Gasteiger partial charge in [-0.2, -0.15) is 0 Å². The van der Waals surface area contributed by atoms with E-state index in [1.165, 1.54) is 24.5 Å². The molecule has 0 fully saturated rings. The number of amides is 2. The zero-order chi connectivity index (χ0) is 20.3. The van der Waals surface area contributed by atoms with E-state index in [-0.39, 0.29) is 55.2 Å². The number of hydrogen-bond acceptors (Lipinski definition) is 4. The average Bonchev–Trinajstić information content (AvgIpc) is 2.65. The number of rotatable bonds is 4. The molecular weight excluding hydrogens is 596 g/mol. The van der Waals surface area contributed by atoms with Crippen molar-refractivity contribution in [3.63, 3.8) is 0 Å². The fraction of sp³-hybridized carbons (Fsp3) is 0.100. The number of benzene rings is 1. The fourth-order valence-corrected chi connectivity index (χ4v) is 2.66. The molecule has 0 aliphatic carbocycles. The van der Waals surface area contributed by atoms with Gasteiger partial charge in [-0.1, -0.05) is 35.3 Å². The van der Waals surface area contributed by atoms with Gasteiger partial charge in [-0.25, -0.2) is 0 Å². The molecule has 6 nitrogen and oxygen atoms in total. The number of pyridine rings is 2. The number of hydrogen-bond donors (Lipinski definition) is 0. The maximum absolute atomic E-state index is 12.5. The molecule has 0 atom stereocenters. The molecular formula is C20H14AuCl2N4O2-2. The minimum Gasteiger partial charge on any atom is -0.622 e. The van der Waals surface area contributed by atoms with Gasteiger partial charge in [0.25, 0.3) is 0 Å². The molecule has 0 aliphatic rings. The molecule has 0 bridgehead atoms. The van der Waals surface area contributed by atoms with Crippen molar-refractivity contribution in [1.29, 1.82) is 0 Å². The Balaban J connectivity index is 0.00000300. The molecule has 153 valence electrons. The second-order valence-electron chi connectivity index (χ2n) is 6.03. The largest absolute Gasteiger partial charge is 0.622 e. The van der Waals surface area contributed by atoms with Crippen molar-refractivity contribution in [2.45, 2.75) is 13.8 Å². The Kier molecular flexibility index (Phi) is 7.96. The minimum atomic E-state index is -0.584. The van der Waals surface area contributed by atoms with Gasteiger partial charge in [0, 0.05) is 34.8 Å². The first-order valence-corrected chi connectivity index (χ1v) is 8.95. The summed E-state index contributed by atoms with van der Waals surface area (Å²) in [6.07, 6.45) is 3.04. The van der Waals surface area contributed by atoms with Gasteiger partial charge in [0.1, 0.15) is 11.8 Å². The standard InChI is InChI=1S/C20H16Cl2N4O2.Au/c1-11-3-5-23-17(7-11)19(27)25-15-9-13(21)14(22)10-16(15)26-20(28)18-8-12(2)4-6-24-18;/h3-10H,1-2H3,(H2,23,24,25,26,27,28);/p-2. The molecule has 0 spiro atoms. The third-order valence-corrected chi connectivity index (χ3v) is 4.45. The van der Waals surface area contributed by atoms with Crippen LogP contribution in [0.15, 0.2) is 48.8 Å². The molecule has 29 heavy (non-hydrogen) atoms. The Morgan fingerprint density at radius 1 is 0.759 bits per heavy atom. The second kappa shape index (κ2) is 10.0. The monoisotopic (exact) mass is 609 g/mol. The topological polar surface area (TPSA) is 88.1 Å². The van der Waals surface area contributed by atoms with E-state index in [1.54, 1.807) is 24.3 Å². The van der Waals surface area contributed by atoms with Crippen LogP contribution in [0.3, 0.4) is 0 Å². The van der Waals surface area contributed by atoms with Gasteiger partial charge in [-0.15, -0.1) is 11.4 Å². The molecule has 2 aromatic heterocycles. The van der Waals surface area contributed by atoms with E-state index in [0.717, 1.165) is 11.1 Å². The van der Waals surface area contributed by atoms with Crippen LogP contribution in [0, 0.1) is 13.8 Å². The van der Waals surface area contributed by atoms with Crippen LogP contribution in [0.25, 0.3) is 10.6 Å². The van der Waals surface area contributed by atoms with Crippen molar-refractivity contribution in [2.75, 3.05) is 0 Å². The van der Waals surface area contributed by atoms with Crippen LogP contribution in [0.2, 0.25) is 10.0 Å². The maximum Gasteiger partial charge on any atom is 0.104 e. The summed E-state index contributed by atoms with van der Waals surface area (Å²) < 4.78 is 0. The first kappa shape index (κ1) is 23.1. The molecule has 0 saturated heterocycles. The summed E-state index contributed by atoms with van der Waals surface area (Å²) in [6, 6.07) is 9.53. The second-order valence-corrected chi connectivity index (χ2v) is 6.84. The molecule has 0 saturated carbocycles. The molecule has 3 rings (SSSR count). The van der Waals surface area contributed by atoms with Gasteiger partial charge in [0.15, 0.2) is 0 Å². The van der Waals surface area contributed by atoms with Crippen LogP contribution in [0.4, 0.5) is 11.4 Å². The molecule has 1 radical (unpaired) electrons. The van der Waals surface area contributed by atoms with E-state index >= 15 is 0 Å². The van der Waals surface area contributed by atoms with Crippen LogP contribution in [-0.4, -0.2) is 21.8 Å². The van der Waals surface area contributed by atoms with Gasteiger partial charge in [0.2, 0.25) is 0 Å². The third kappa shape index (κ3) is 5.88. The quantitative estimate of drug-likeness (QED) is 0.335. The van der Waals surface area contributed by atoms with Crippen molar-refractivity contribution in [1.82, 2.24) is 9.97 Å². The summed E-state index contributed by atoms with van der Waals surface area (Å²) in [5.74, 6) is -1.17. The fourth-order valence-electron chi connectivity index (χ4n) is 2.34. The summed E-state index contributed by atoms with van der Waals surface area (Å²) in [7, 11) is 0. The first-order chi connectivity index (χ1) is 13.3. The van der Waals surface area contributed by atoms with Crippen LogP contribution < -0.4 is 0 Å². The SMILES string of the molecule is Cc1ccnc(C(=O)[N-]c2cc(Cl)c(Cl)cc2[N-]C(=O)c2cc(C)ccn2)c1.[Au]. The van der Waals surface area contributed by atoms with E-state index in [0.29, 0.717) is 0 Å². The smallest absolute Gasteiger partial charge is 0.104 e. The van der Waals surface area contributed by atoms with Crippen LogP contribution in [-0.2, 0) is 22.4 Å². The molecule has 1 aromatic carbocycles. The minimum absolute atomic E-state index is 0. The van der Waals surface area contributed by atoms with E-state index in [4.69, 9.17) is 23.2 Å². The Labute approximate surface area is 193 Å². The number of carbonyl (C=O) groups excluding carboxylic acids is 2. The number of nitrogens with zero attached hydrogens (tertiary/aromatic N) is 4. The Bertz CT molecular complexity index is 992. The average molecular weight is 610 g/mol. The zero-order valence-electron chi connectivity index (χ0n) is 15.3. The number of halogens is 2. The van der Waals surface area contributed by atoms with E-state index < -0.39 is 11.8 Å². The zero-order valence-corrected chi connectivity index (χ0v) is 19.0. The Morgan fingerprint density at radius 2 is 1.14 bits per heavy atom. The van der Waals surface area contributed by atoms with Crippen molar-refractivity contribution in [3.05, 3.63) is 92.0 Å². The van der Waals surface area contributed by atoms with E-state index in [9.17, 15) is 9.59 Å². The van der Waals surface area contributed by atoms with Crippen molar-refractivity contribution in [2.24, 2.45) is 0 Å². The van der Waals surface area contributed by atoms with Crippen molar-refractivity contribution >= 4 is 46.4 Å². The molecule has 2 amide bonds. The van der Waals surface area contributed by atoms with Gasteiger partial charge in [-0.05, 0) is 49.2 Å². The molecule has 3 aromatic rings. The molecule has 9 heteroatoms. The first-order valence-electron chi connectivity index (χ1n) is 8.20. The summed E-state index contributed by atoms with van der Waals surface area (Å²) >= 11 is 12.1. The molecule has 0 N–H and O–H groups in total. The third-order valence-electron chi connectivity index (χ3n) is 3.73. The van der Waals surface area contributed by atoms with E-state index in [1.807, 2.05) is 13.8 Å². The number of carbonyl (C=O) groups is 2. The predicted octanol–water partition coefficient (Wildman–Crippen LogP) is 6.09. The van der Waals surface area contributed by atoms with Gasteiger partial charge >= 0.3 is 0 Å². The summed E-state index contributed by atoms with van der Waals surface area (Å²) in [5, 5.41) is 8.42. The van der Waals surface area contributed by atoms with Crippen molar-refractivity contribution in [3.8, 4) is 0 Å². The van der Waals surface area contributed by atoms with Gasteiger partial charge in [0.05, 0.1) is 21.4 Å². The van der Waals surface area contributed by atoms with Crippen LogP contribution in [0.5, 0.6) is 0 Å². The Morgan fingerprint density at radius 3 is 1.48 bits per heavy atom. The summed E-state index contributed by atoms with van der Waals surface area (Å²) in [4.78, 5) is 33.0. The summed E-state index contributed by atoms with van der Waals surface area (Å²) in [6.45, 7) is 3.68. The van der Waals surface area contributed by atoms with Crippen LogP contribution >= 0.6 is 23.2 Å². The van der Waals surface area contributed by atoms with Crippen molar-refractivity contribution < 1.29 is 32.0 Å². The normalized spacial score (nSPS) is 10.1.